The molecule has 0 saturated carbocycles. The van der Waals surface area contributed by atoms with Gasteiger partial charge in [0.1, 0.15) is 15.8 Å². The van der Waals surface area contributed by atoms with Crippen molar-refractivity contribution >= 4 is 51.7 Å². The van der Waals surface area contributed by atoms with Crippen molar-refractivity contribution in [3.8, 4) is 0 Å². The third-order valence-corrected chi connectivity index (χ3v) is 7.10. The molecular weight excluding hydrogens is 452 g/mol. The van der Waals surface area contributed by atoms with Crippen molar-refractivity contribution in [1.82, 2.24) is 14.3 Å². The van der Waals surface area contributed by atoms with Gasteiger partial charge in [0.05, 0.1) is 10.5 Å². The lowest BCUT2D eigenvalue weighted by Gasteiger charge is -2.14. The fourth-order valence-corrected chi connectivity index (χ4v) is 5.11. The Morgan fingerprint density at radius 2 is 1.76 bits per heavy atom. The lowest BCUT2D eigenvalue weighted by molar-refractivity contribution is -0.122. The molecule has 0 aromatic carbocycles. The summed E-state index contributed by atoms with van der Waals surface area (Å²) in [4.78, 5) is 33.2. The number of fused-ring (bicyclic) bond motifs is 1. The van der Waals surface area contributed by atoms with Gasteiger partial charge in [-0.25, -0.2) is 4.98 Å². The van der Waals surface area contributed by atoms with Gasteiger partial charge in [0.25, 0.3) is 11.5 Å². The van der Waals surface area contributed by atoms with Crippen molar-refractivity contribution in [3.63, 3.8) is 0 Å². The highest BCUT2D eigenvalue weighted by molar-refractivity contribution is 8.26. The summed E-state index contributed by atoms with van der Waals surface area (Å²) >= 11 is 6.75. The molecule has 2 aromatic heterocycles. The van der Waals surface area contributed by atoms with E-state index in [1.165, 1.54) is 41.8 Å². The van der Waals surface area contributed by atoms with E-state index in [2.05, 4.69) is 24.1 Å². The van der Waals surface area contributed by atoms with E-state index < -0.39 is 0 Å². The summed E-state index contributed by atoms with van der Waals surface area (Å²) < 4.78 is 2.08. The van der Waals surface area contributed by atoms with Gasteiger partial charge in [-0.2, -0.15) is 0 Å². The topological polar surface area (TPSA) is 66.7 Å². The maximum atomic E-state index is 13.3. The molecule has 6 nitrogen and oxygen atoms in total. The van der Waals surface area contributed by atoms with Gasteiger partial charge in [-0.3, -0.25) is 18.9 Å². The molecule has 1 amide bonds. The van der Waals surface area contributed by atoms with Crippen LogP contribution in [0.2, 0.25) is 0 Å². The van der Waals surface area contributed by atoms with E-state index in [-0.39, 0.29) is 11.5 Å². The Kier molecular flexibility index (Phi) is 9.94. The van der Waals surface area contributed by atoms with Gasteiger partial charge in [-0.15, -0.1) is 0 Å². The largest absolute Gasteiger partial charge is 0.369 e. The van der Waals surface area contributed by atoms with Gasteiger partial charge in [-0.05, 0) is 31.1 Å². The highest BCUT2D eigenvalue weighted by Crippen LogP contribution is 2.33. The molecule has 8 heteroatoms. The van der Waals surface area contributed by atoms with Crippen LogP contribution in [-0.2, 0) is 4.79 Å². The number of unbranched alkanes of at least 4 members (excludes halogenated alkanes) is 7. The molecule has 1 saturated heterocycles. The smallest absolute Gasteiger partial charge is 0.267 e. The van der Waals surface area contributed by atoms with Crippen molar-refractivity contribution in [3.05, 3.63) is 45.2 Å². The maximum absolute atomic E-state index is 13.3. The summed E-state index contributed by atoms with van der Waals surface area (Å²) in [6.45, 7) is 5.71. The van der Waals surface area contributed by atoms with Crippen LogP contribution < -0.4 is 10.9 Å². The Hall–Kier alpha value is -2.19. The fourth-order valence-electron chi connectivity index (χ4n) is 3.82. The lowest BCUT2D eigenvalue weighted by atomic mass is 10.1. The Labute approximate surface area is 205 Å². The Balaban J connectivity index is 1.80. The second-order valence-corrected chi connectivity index (χ2v) is 10.0. The number of anilines is 1. The van der Waals surface area contributed by atoms with Gasteiger partial charge < -0.3 is 5.32 Å². The number of rotatable bonds is 13. The van der Waals surface area contributed by atoms with Crippen molar-refractivity contribution in [2.75, 3.05) is 18.4 Å². The zero-order valence-electron chi connectivity index (χ0n) is 19.6. The fraction of sp³-hybridized carbons (Fsp3) is 0.520. The van der Waals surface area contributed by atoms with Crippen molar-refractivity contribution in [2.24, 2.45) is 0 Å². The van der Waals surface area contributed by atoms with Gasteiger partial charge in [-0.1, -0.05) is 88.8 Å². The van der Waals surface area contributed by atoms with E-state index in [0.29, 0.717) is 32.8 Å². The van der Waals surface area contributed by atoms with Crippen molar-refractivity contribution in [1.29, 1.82) is 0 Å². The highest BCUT2D eigenvalue weighted by atomic mass is 32.2. The monoisotopic (exact) mass is 486 g/mol. The molecule has 1 aliphatic rings. The number of nitrogens with zero attached hydrogens (tertiary/aromatic N) is 3. The zero-order chi connectivity index (χ0) is 23.6. The number of carbonyl (C=O) groups excluding carboxylic acids is 1. The van der Waals surface area contributed by atoms with E-state index >= 15 is 0 Å². The molecule has 1 N–H and O–H groups in total. The van der Waals surface area contributed by atoms with Crippen LogP contribution in [0, 0.1) is 0 Å². The lowest BCUT2D eigenvalue weighted by Crippen LogP contribution is -2.29. The Bertz CT molecular complexity index is 1060. The number of thioether (sulfide) groups is 1. The number of thiocarbonyl (C=S) groups is 1. The van der Waals surface area contributed by atoms with E-state index in [0.717, 1.165) is 38.6 Å². The molecule has 0 radical (unpaired) electrons. The minimum atomic E-state index is -0.195. The Morgan fingerprint density at radius 3 is 2.55 bits per heavy atom. The number of aromatic nitrogens is 2. The van der Waals surface area contributed by atoms with Crippen LogP contribution >= 0.6 is 24.0 Å². The Morgan fingerprint density at radius 1 is 1.03 bits per heavy atom. The van der Waals surface area contributed by atoms with Crippen LogP contribution in [0.25, 0.3) is 11.7 Å². The van der Waals surface area contributed by atoms with Gasteiger partial charge >= 0.3 is 0 Å². The first kappa shape index (κ1) is 25.4. The van der Waals surface area contributed by atoms with Gasteiger partial charge in [0, 0.05) is 19.3 Å². The summed E-state index contributed by atoms with van der Waals surface area (Å²) in [5.41, 5.74) is 0.781. The summed E-state index contributed by atoms with van der Waals surface area (Å²) in [6.07, 6.45) is 13.5. The minimum absolute atomic E-state index is 0.118. The molecule has 1 fully saturated rings. The standard InChI is InChI=1S/C25H34N4O2S2/c1-3-5-7-8-9-12-17-29-24(31)20(33-25(29)32)18-19-22(26-15-11-6-4-2)27-21-14-10-13-16-28(21)23(19)30/h10,13-14,16,18,26H,3-9,11-12,15,17H2,1-2H3. The van der Waals surface area contributed by atoms with Crippen molar-refractivity contribution in [2.45, 2.75) is 71.6 Å². The van der Waals surface area contributed by atoms with Gasteiger partial charge in [0.15, 0.2) is 0 Å². The van der Waals surface area contributed by atoms with Crippen LogP contribution in [0.3, 0.4) is 0 Å². The second kappa shape index (κ2) is 12.9. The molecular formula is C25H34N4O2S2. The van der Waals surface area contributed by atoms with Crippen LogP contribution in [0.5, 0.6) is 0 Å². The van der Waals surface area contributed by atoms with Crippen molar-refractivity contribution < 1.29 is 4.79 Å². The molecule has 0 aliphatic carbocycles. The third-order valence-electron chi connectivity index (χ3n) is 5.73. The molecule has 33 heavy (non-hydrogen) atoms. The first-order chi connectivity index (χ1) is 16.1. The molecule has 2 aromatic rings. The molecule has 0 bridgehead atoms. The molecule has 0 spiro atoms. The number of amides is 1. The predicted molar refractivity (Wildman–Crippen MR) is 143 cm³/mol. The molecule has 1 aliphatic heterocycles. The van der Waals surface area contributed by atoms with Gasteiger partial charge in [0.2, 0.25) is 0 Å². The van der Waals surface area contributed by atoms with E-state index in [9.17, 15) is 9.59 Å². The van der Waals surface area contributed by atoms with E-state index in [4.69, 9.17) is 12.2 Å². The number of pyridine rings is 1. The van der Waals surface area contributed by atoms with Crippen LogP contribution in [0.15, 0.2) is 34.1 Å². The molecule has 0 atom stereocenters. The summed E-state index contributed by atoms with van der Waals surface area (Å²) in [5, 5.41) is 3.31. The van der Waals surface area contributed by atoms with Crippen LogP contribution in [0.1, 0.15) is 77.2 Å². The highest BCUT2D eigenvalue weighted by Gasteiger charge is 2.32. The summed E-state index contributed by atoms with van der Waals surface area (Å²) in [7, 11) is 0. The summed E-state index contributed by atoms with van der Waals surface area (Å²) in [5.74, 6) is 0.400. The molecule has 3 heterocycles. The minimum Gasteiger partial charge on any atom is -0.369 e. The third kappa shape index (κ3) is 6.67. The average molecular weight is 487 g/mol. The van der Waals surface area contributed by atoms with Crippen LogP contribution in [-0.4, -0.2) is 37.6 Å². The van der Waals surface area contributed by atoms with Crippen LogP contribution in [0.4, 0.5) is 5.82 Å². The quantitative estimate of drug-likeness (QED) is 0.217. The molecule has 178 valence electrons. The van der Waals surface area contributed by atoms with E-state index in [1.807, 2.05) is 12.1 Å². The number of hydrogen-bond donors (Lipinski definition) is 1. The summed E-state index contributed by atoms with van der Waals surface area (Å²) in [6, 6.07) is 5.46. The number of hydrogen-bond acceptors (Lipinski definition) is 6. The molecule has 3 rings (SSSR count). The first-order valence-corrected chi connectivity index (χ1v) is 13.3. The van der Waals surface area contributed by atoms with E-state index in [1.54, 1.807) is 23.2 Å². The second-order valence-electron chi connectivity index (χ2n) is 8.34. The SMILES string of the molecule is CCCCCCCCN1C(=O)C(=Cc2c(NCCCCC)nc3ccccn3c2=O)SC1=S. The number of nitrogens with one attached hydrogen (secondary N) is 1. The zero-order valence-corrected chi connectivity index (χ0v) is 21.3. The normalized spacial score (nSPS) is 15.2. The average Bonchev–Trinajstić information content (AvgIpc) is 3.08. The number of carbonyl (C=O) groups is 1. The maximum Gasteiger partial charge on any atom is 0.267 e. The molecule has 0 unspecified atom stereocenters. The first-order valence-electron chi connectivity index (χ1n) is 12.1. The predicted octanol–water partition coefficient (Wildman–Crippen LogP) is 5.86.